The lowest BCUT2D eigenvalue weighted by atomic mass is 10.0. The van der Waals surface area contributed by atoms with Crippen molar-refractivity contribution >= 4 is 0 Å². The molecule has 0 aromatic carbocycles. The summed E-state index contributed by atoms with van der Waals surface area (Å²) in [7, 11) is 0. The van der Waals surface area contributed by atoms with E-state index in [0.717, 1.165) is 0 Å². The van der Waals surface area contributed by atoms with Gasteiger partial charge in [-0.05, 0) is 12.8 Å². The Morgan fingerprint density at radius 1 is 0.556 bits per heavy atom. The minimum absolute atomic E-state index is 0.474. The van der Waals surface area contributed by atoms with E-state index in [9.17, 15) is 0 Å². The maximum atomic E-state index is 6.14. The first-order chi connectivity index (χ1) is 8.81. The van der Waals surface area contributed by atoms with E-state index in [1.807, 2.05) is 0 Å². The summed E-state index contributed by atoms with van der Waals surface area (Å²) in [5.74, 6) is 0. The Balaban J connectivity index is 3.08. The van der Waals surface area contributed by atoms with Gasteiger partial charge in [-0.1, -0.05) is 90.9 Å². The van der Waals surface area contributed by atoms with E-state index in [0.29, 0.717) is 6.04 Å². The monoisotopic (exact) mass is 255 g/mol. The van der Waals surface area contributed by atoms with Gasteiger partial charge in [0.1, 0.15) is 0 Å². The Morgan fingerprint density at radius 2 is 0.889 bits per heavy atom. The molecule has 0 heterocycles. The van der Waals surface area contributed by atoms with Gasteiger partial charge in [0.05, 0.1) is 0 Å². The van der Waals surface area contributed by atoms with Crippen LogP contribution in [0, 0.1) is 0 Å². The highest BCUT2D eigenvalue weighted by Crippen LogP contribution is 2.12. The second-order valence-corrected chi connectivity index (χ2v) is 5.87. The normalized spacial score (nSPS) is 12.8. The van der Waals surface area contributed by atoms with Crippen LogP contribution in [-0.2, 0) is 0 Å². The van der Waals surface area contributed by atoms with E-state index in [2.05, 4.69) is 13.8 Å². The predicted molar refractivity (Wildman–Crippen MR) is 84.0 cm³/mol. The van der Waals surface area contributed by atoms with Gasteiger partial charge >= 0.3 is 0 Å². The van der Waals surface area contributed by atoms with Crippen LogP contribution in [0.15, 0.2) is 0 Å². The van der Waals surface area contributed by atoms with Gasteiger partial charge in [0.15, 0.2) is 0 Å². The Hall–Kier alpha value is -0.0400. The summed E-state index contributed by atoms with van der Waals surface area (Å²) < 4.78 is 0. The lowest BCUT2D eigenvalue weighted by molar-refractivity contribution is 0.486. The predicted octanol–water partition coefficient (Wildman–Crippen LogP) is 5.81. The summed E-state index contributed by atoms with van der Waals surface area (Å²) in [6.07, 6.45) is 19.2. The van der Waals surface area contributed by atoms with E-state index in [4.69, 9.17) is 5.73 Å². The maximum Gasteiger partial charge on any atom is 0.00388 e. The molecule has 0 aromatic rings. The van der Waals surface area contributed by atoms with E-state index < -0.39 is 0 Å². The van der Waals surface area contributed by atoms with Crippen molar-refractivity contribution in [1.29, 1.82) is 0 Å². The number of hydrogen-bond acceptors (Lipinski definition) is 1. The maximum absolute atomic E-state index is 6.14. The minimum Gasteiger partial charge on any atom is -0.328 e. The molecule has 18 heavy (non-hydrogen) atoms. The van der Waals surface area contributed by atoms with Crippen molar-refractivity contribution in [3.8, 4) is 0 Å². The summed E-state index contributed by atoms with van der Waals surface area (Å²) in [5, 5.41) is 0. The topological polar surface area (TPSA) is 26.0 Å². The average molecular weight is 255 g/mol. The summed E-state index contributed by atoms with van der Waals surface area (Å²) in [5.41, 5.74) is 6.14. The van der Waals surface area contributed by atoms with Crippen LogP contribution in [-0.4, -0.2) is 6.04 Å². The van der Waals surface area contributed by atoms with Crippen LogP contribution in [0.4, 0.5) is 0 Å². The molecule has 1 atom stereocenters. The van der Waals surface area contributed by atoms with Crippen LogP contribution in [0.2, 0.25) is 0 Å². The van der Waals surface area contributed by atoms with Gasteiger partial charge in [0, 0.05) is 6.04 Å². The molecule has 110 valence electrons. The molecule has 0 radical (unpaired) electrons. The highest BCUT2D eigenvalue weighted by Gasteiger charge is 2.01. The highest BCUT2D eigenvalue weighted by atomic mass is 14.6. The summed E-state index contributed by atoms with van der Waals surface area (Å²) >= 11 is 0. The molecule has 0 aromatic heterocycles. The van der Waals surface area contributed by atoms with Crippen LogP contribution in [0.5, 0.6) is 0 Å². The van der Waals surface area contributed by atoms with E-state index >= 15 is 0 Å². The third kappa shape index (κ3) is 14.0. The quantitative estimate of drug-likeness (QED) is 0.389. The molecule has 0 aliphatic rings. The minimum atomic E-state index is 0.474. The van der Waals surface area contributed by atoms with Gasteiger partial charge in [-0.25, -0.2) is 0 Å². The number of rotatable bonds is 14. The van der Waals surface area contributed by atoms with Crippen molar-refractivity contribution < 1.29 is 0 Å². The molecule has 0 bridgehead atoms. The largest absolute Gasteiger partial charge is 0.328 e. The average Bonchev–Trinajstić information content (AvgIpc) is 2.38. The standard InChI is InChI=1S/C17H37N/c1-3-5-7-9-10-11-12-14-16-17(18)15-13-8-6-4-2/h17H,3-16,18H2,1-2H3. The Bertz CT molecular complexity index is 145. The van der Waals surface area contributed by atoms with Gasteiger partial charge < -0.3 is 5.73 Å². The zero-order valence-electron chi connectivity index (χ0n) is 13.1. The first-order valence-corrected chi connectivity index (χ1v) is 8.56. The molecule has 0 rings (SSSR count). The van der Waals surface area contributed by atoms with E-state index in [1.54, 1.807) is 0 Å². The van der Waals surface area contributed by atoms with Gasteiger partial charge in [0.25, 0.3) is 0 Å². The summed E-state index contributed by atoms with van der Waals surface area (Å²) in [4.78, 5) is 0. The first kappa shape index (κ1) is 18.0. The fraction of sp³-hybridized carbons (Fsp3) is 1.00. The van der Waals surface area contributed by atoms with Crippen LogP contribution in [0.1, 0.15) is 104 Å². The van der Waals surface area contributed by atoms with Crippen LogP contribution in [0.3, 0.4) is 0 Å². The van der Waals surface area contributed by atoms with Gasteiger partial charge in [0.2, 0.25) is 0 Å². The molecule has 0 saturated heterocycles. The molecular weight excluding hydrogens is 218 g/mol. The van der Waals surface area contributed by atoms with Gasteiger partial charge in [-0.2, -0.15) is 0 Å². The first-order valence-electron chi connectivity index (χ1n) is 8.56. The Kier molecular flexibility index (Phi) is 15.0. The van der Waals surface area contributed by atoms with E-state index in [-0.39, 0.29) is 0 Å². The lowest BCUT2D eigenvalue weighted by Crippen LogP contribution is -2.19. The smallest absolute Gasteiger partial charge is 0.00388 e. The third-order valence-corrected chi connectivity index (χ3v) is 3.86. The van der Waals surface area contributed by atoms with Crippen molar-refractivity contribution in [2.45, 2.75) is 110 Å². The second-order valence-electron chi connectivity index (χ2n) is 5.87. The molecule has 0 amide bonds. The van der Waals surface area contributed by atoms with Crippen molar-refractivity contribution in [2.75, 3.05) is 0 Å². The molecule has 1 heteroatoms. The van der Waals surface area contributed by atoms with Crippen molar-refractivity contribution in [3.63, 3.8) is 0 Å². The summed E-state index contributed by atoms with van der Waals surface area (Å²) in [6, 6.07) is 0.474. The highest BCUT2D eigenvalue weighted by molar-refractivity contribution is 4.61. The summed E-state index contributed by atoms with van der Waals surface area (Å²) in [6.45, 7) is 4.54. The Morgan fingerprint density at radius 3 is 1.33 bits per heavy atom. The second kappa shape index (κ2) is 15.0. The number of nitrogens with two attached hydrogens (primary N) is 1. The Labute approximate surface area is 116 Å². The molecule has 0 aliphatic carbocycles. The molecule has 0 saturated carbocycles. The SMILES string of the molecule is CCCCCCCCCCC(N)CCCCCC. The van der Waals surface area contributed by atoms with Crippen LogP contribution in [0.25, 0.3) is 0 Å². The fourth-order valence-corrected chi connectivity index (χ4v) is 2.52. The molecule has 1 nitrogen and oxygen atoms in total. The van der Waals surface area contributed by atoms with Gasteiger partial charge in [-0.3, -0.25) is 0 Å². The zero-order valence-corrected chi connectivity index (χ0v) is 13.1. The lowest BCUT2D eigenvalue weighted by Gasteiger charge is -2.11. The molecule has 0 fully saturated rings. The molecule has 0 spiro atoms. The fourth-order valence-electron chi connectivity index (χ4n) is 2.52. The van der Waals surface area contributed by atoms with Crippen molar-refractivity contribution in [3.05, 3.63) is 0 Å². The molecule has 2 N–H and O–H groups in total. The molecular formula is C17H37N. The van der Waals surface area contributed by atoms with Crippen LogP contribution >= 0.6 is 0 Å². The third-order valence-electron chi connectivity index (χ3n) is 3.86. The van der Waals surface area contributed by atoms with Gasteiger partial charge in [-0.15, -0.1) is 0 Å². The number of unbranched alkanes of at least 4 members (excludes halogenated alkanes) is 10. The molecule has 1 unspecified atom stereocenters. The van der Waals surface area contributed by atoms with Crippen molar-refractivity contribution in [2.24, 2.45) is 5.73 Å². The van der Waals surface area contributed by atoms with E-state index in [1.165, 1.54) is 89.9 Å². The number of hydrogen-bond donors (Lipinski definition) is 1. The van der Waals surface area contributed by atoms with Crippen LogP contribution < -0.4 is 5.73 Å². The zero-order chi connectivity index (χ0) is 13.5. The molecule has 0 aliphatic heterocycles. The van der Waals surface area contributed by atoms with Crippen molar-refractivity contribution in [1.82, 2.24) is 0 Å².